The fourth-order valence-electron chi connectivity index (χ4n) is 3.08. The zero-order valence-corrected chi connectivity index (χ0v) is 14.1. The number of rotatable bonds is 8. The number of hydrogen-bond donors (Lipinski definition) is 3. The van der Waals surface area contributed by atoms with Gasteiger partial charge >= 0.3 is 11.9 Å². The number of nitrogens with one attached hydrogen (secondary N) is 1. The first-order valence-electron chi connectivity index (χ1n) is 8.45. The second-order valence-corrected chi connectivity index (χ2v) is 6.28. The van der Waals surface area contributed by atoms with Gasteiger partial charge in [0.05, 0.1) is 13.2 Å². The Kier molecular flexibility index (Phi) is 6.11. The monoisotopic (exact) mass is 339 g/mol. The Morgan fingerprint density at radius 1 is 1.12 bits per heavy atom. The lowest BCUT2D eigenvalue weighted by Crippen LogP contribution is -2.21. The first-order valence-corrected chi connectivity index (χ1v) is 8.45. The number of aromatic carboxylic acids is 2. The third-order valence-corrected chi connectivity index (χ3v) is 4.47. The lowest BCUT2D eigenvalue weighted by molar-refractivity contribution is 0.0683. The van der Waals surface area contributed by atoms with Gasteiger partial charge in [0.25, 0.3) is 0 Å². The molecule has 0 radical (unpaired) electrons. The highest BCUT2D eigenvalue weighted by molar-refractivity contribution is 5.97. The Labute approximate surface area is 141 Å². The molecule has 3 N–H and O–H groups in total. The lowest BCUT2D eigenvalue weighted by atomic mass is 9.89. The van der Waals surface area contributed by atoms with Crippen LogP contribution in [0.1, 0.15) is 66.9 Å². The number of fused-ring (bicyclic) bond motifs is 1. The Morgan fingerprint density at radius 3 is 2.08 bits per heavy atom. The highest BCUT2D eigenvalue weighted by Gasteiger charge is 2.32. The minimum Gasteiger partial charge on any atom is -0.487 e. The number of aromatic nitrogens is 1. The molecule has 1 aliphatic heterocycles. The first-order chi connectivity index (χ1) is 11.5. The van der Waals surface area contributed by atoms with E-state index in [0.29, 0.717) is 19.1 Å². The van der Waals surface area contributed by atoms with Gasteiger partial charge in [0.2, 0.25) is 0 Å². The second-order valence-electron chi connectivity index (χ2n) is 6.28. The molecule has 0 spiro atoms. The Hall–Kier alpha value is -2.18. The van der Waals surface area contributed by atoms with Crippen molar-refractivity contribution >= 4 is 11.9 Å². The quantitative estimate of drug-likeness (QED) is 0.670. The number of ether oxygens (including phenoxy) is 2. The van der Waals surface area contributed by atoms with Crippen molar-refractivity contribution in [2.75, 3.05) is 13.2 Å². The molecule has 1 atom stereocenters. The summed E-state index contributed by atoms with van der Waals surface area (Å²) in [7, 11) is 0. The smallest absolute Gasteiger partial charge is 0.356 e. The average molecular weight is 339 g/mol. The van der Waals surface area contributed by atoms with Crippen molar-refractivity contribution in [2.24, 2.45) is 11.8 Å². The number of aromatic amines is 1. The zero-order valence-electron chi connectivity index (χ0n) is 14.1. The van der Waals surface area contributed by atoms with Crippen LogP contribution >= 0.6 is 0 Å². The summed E-state index contributed by atoms with van der Waals surface area (Å²) in [6.45, 7) is 4.98. The van der Waals surface area contributed by atoms with Crippen LogP contribution in [0.4, 0.5) is 0 Å². The number of hydrogen-bond acceptors (Lipinski definition) is 4. The van der Waals surface area contributed by atoms with Gasteiger partial charge in [0, 0.05) is 5.92 Å². The number of H-pyrrole nitrogens is 1. The van der Waals surface area contributed by atoms with Gasteiger partial charge in [-0.05, 0) is 12.3 Å². The molecule has 0 aliphatic carbocycles. The Bertz CT molecular complexity index is 554. The van der Waals surface area contributed by atoms with Gasteiger partial charge in [-0.3, -0.25) is 0 Å². The first kappa shape index (κ1) is 18.2. The largest absolute Gasteiger partial charge is 0.487 e. The molecular formula is C17H25NO6. The SMILES string of the molecule is CCCCC(CC)CC1COc2c(C(=O)O)[nH]c(C(=O)O)c2OC1. The third-order valence-electron chi connectivity index (χ3n) is 4.47. The van der Waals surface area contributed by atoms with E-state index < -0.39 is 11.9 Å². The molecule has 0 fully saturated rings. The molecule has 0 amide bonds. The predicted molar refractivity (Wildman–Crippen MR) is 87.1 cm³/mol. The lowest BCUT2D eigenvalue weighted by Gasteiger charge is -2.20. The van der Waals surface area contributed by atoms with E-state index in [9.17, 15) is 19.8 Å². The van der Waals surface area contributed by atoms with E-state index in [1.165, 1.54) is 6.42 Å². The number of carboxylic acids is 2. The van der Waals surface area contributed by atoms with E-state index in [-0.39, 0.29) is 28.8 Å². The van der Waals surface area contributed by atoms with Gasteiger partial charge in [-0.1, -0.05) is 39.5 Å². The summed E-state index contributed by atoms with van der Waals surface area (Å²) in [6, 6.07) is 0. The van der Waals surface area contributed by atoms with Crippen molar-refractivity contribution in [3.63, 3.8) is 0 Å². The minimum atomic E-state index is -1.27. The average Bonchev–Trinajstić information content (AvgIpc) is 2.81. The number of carboxylic acid groups (broad SMARTS) is 2. The van der Waals surface area contributed by atoms with Crippen LogP contribution in [-0.4, -0.2) is 40.3 Å². The fourth-order valence-corrected chi connectivity index (χ4v) is 3.08. The number of carbonyl (C=O) groups is 2. The van der Waals surface area contributed by atoms with Crippen LogP contribution in [0.3, 0.4) is 0 Å². The topological polar surface area (TPSA) is 109 Å². The summed E-state index contributed by atoms with van der Waals surface area (Å²) >= 11 is 0. The van der Waals surface area contributed by atoms with Crippen molar-refractivity contribution in [3.05, 3.63) is 11.4 Å². The summed E-state index contributed by atoms with van der Waals surface area (Å²) < 4.78 is 11.3. The van der Waals surface area contributed by atoms with Crippen molar-refractivity contribution in [2.45, 2.75) is 46.0 Å². The molecule has 0 saturated carbocycles. The standard InChI is InChI=1S/C17H25NO6/c1-3-5-6-10(4-2)7-11-8-23-14-12(16(19)20)18-13(17(21)22)15(14)24-9-11/h10-11,18H,3-9H2,1-2H3,(H,19,20)(H,21,22). The van der Waals surface area contributed by atoms with E-state index >= 15 is 0 Å². The molecule has 0 saturated heterocycles. The molecule has 1 unspecified atom stereocenters. The maximum absolute atomic E-state index is 11.3. The number of unbranched alkanes of at least 4 members (excludes halogenated alkanes) is 1. The second kappa shape index (κ2) is 8.08. The highest BCUT2D eigenvalue weighted by atomic mass is 16.5. The Morgan fingerprint density at radius 2 is 1.67 bits per heavy atom. The van der Waals surface area contributed by atoms with Crippen LogP contribution < -0.4 is 9.47 Å². The van der Waals surface area contributed by atoms with Gasteiger partial charge in [-0.2, -0.15) is 0 Å². The summed E-state index contributed by atoms with van der Waals surface area (Å²) in [5.74, 6) is -1.88. The summed E-state index contributed by atoms with van der Waals surface area (Å²) in [5, 5.41) is 18.4. The van der Waals surface area contributed by atoms with Gasteiger partial charge in [0.1, 0.15) is 0 Å². The van der Waals surface area contributed by atoms with Crippen LogP contribution in [0.25, 0.3) is 0 Å². The van der Waals surface area contributed by atoms with E-state index in [0.717, 1.165) is 25.7 Å². The molecule has 2 heterocycles. The summed E-state index contributed by atoms with van der Waals surface area (Å²) in [6.07, 6.45) is 5.49. The summed E-state index contributed by atoms with van der Waals surface area (Å²) in [4.78, 5) is 24.9. The van der Waals surface area contributed by atoms with Gasteiger partial charge in [-0.25, -0.2) is 9.59 Å². The fraction of sp³-hybridized carbons (Fsp3) is 0.647. The molecule has 0 bridgehead atoms. The van der Waals surface area contributed by atoms with Gasteiger partial charge in [-0.15, -0.1) is 0 Å². The molecule has 2 rings (SSSR count). The van der Waals surface area contributed by atoms with Crippen LogP contribution in [0.5, 0.6) is 11.5 Å². The maximum Gasteiger partial charge on any atom is 0.356 e. The van der Waals surface area contributed by atoms with Gasteiger partial charge in [0.15, 0.2) is 22.9 Å². The molecule has 1 aliphatic rings. The van der Waals surface area contributed by atoms with Crippen LogP contribution in [0.15, 0.2) is 0 Å². The highest BCUT2D eigenvalue weighted by Crippen LogP contribution is 2.39. The predicted octanol–water partition coefficient (Wildman–Crippen LogP) is 3.41. The maximum atomic E-state index is 11.3. The molecule has 7 heteroatoms. The van der Waals surface area contributed by atoms with E-state index in [1.807, 2.05) is 0 Å². The van der Waals surface area contributed by atoms with E-state index in [2.05, 4.69) is 18.8 Å². The van der Waals surface area contributed by atoms with Crippen molar-refractivity contribution in [1.29, 1.82) is 0 Å². The molecule has 1 aromatic rings. The minimum absolute atomic E-state index is 0.0102. The van der Waals surface area contributed by atoms with E-state index in [1.54, 1.807) is 0 Å². The third kappa shape index (κ3) is 4.01. The van der Waals surface area contributed by atoms with E-state index in [4.69, 9.17) is 9.47 Å². The summed E-state index contributed by atoms with van der Waals surface area (Å²) in [5.41, 5.74) is -0.554. The van der Waals surface area contributed by atoms with Crippen LogP contribution in [0, 0.1) is 11.8 Å². The van der Waals surface area contributed by atoms with Crippen molar-refractivity contribution in [1.82, 2.24) is 4.98 Å². The van der Waals surface area contributed by atoms with Crippen LogP contribution in [-0.2, 0) is 0 Å². The molecular weight excluding hydrogens is 314 g/mol. The van der Waals surface area contributed by atoms with Crippen molar-refractivity contribution < 1.29 is 29.3 Å². The van der Waals surface area contributed by atoms with Crippen LogP contribution in [0.2, 0.25) is 0 Å². The Balaban J connectivity index is 2.12. The van der Waals surface area contributed by atoms with Crippen molar-refractivity contribution in [3.8, 4) is 11.5 Å². The molecule has 7 nitrogen and oxygen atoms in total. The molecule has 1 aromatic heterocycles. The molecule has 134 valence electrons. The normalized spacial score (nSPS) is 15.8. The molecule has 0 aromatic carbocycles. The molecule has 24 heavy (non-hydrogen) atoms. The zero-order chi connectivity index (χ0) is 17.7. The van der Waals surface area contributed by atoms with Gasteiger partial charge < -0.3 is 24.7 Å².